The maximum Gasteiger partial charge on any atom is 0.483 e. The van der Waals surface area contributed by atoms with Crippen LogP contribution < -0.4 is 15.8 Å². The maximum absolute atomic E-state index is 12.1. The van der Waals surface area contributed by atoms with Gasteiger partial charge in [0.05, 0.1) is 23.2 Å². The Kier molecular flexibility index (Phi) is 6.91. The van der Waals surface area contributed by atoms with Crippen molar-refractivity contribution in [2.45, 2.75) is 70.5 Å². The van der Waals surface area contributed by atoms with E-state index < -0.39 is 36.6 Å². The Morgan fingerprint density at radius 3 is 2.22 bits per heavy atom. The van der Waals surface area contributed by atoms with E-state index in [4.69, 9.17) is 24.5 Å². The second kappa shape index (κ2) is 8.60. The molecule has 0 aromatic heterocycles. The molecule has 0 bridgehead atoms. The minimum absolute atomic E-state index is 0.153. The molecule has 1 saturated heterocycles. The lowest BCUT2D eigenvalue weighted by Gasteiger charge is -2.32. The van der Waals surface area contributed by atoms with Crippen molar-refractivity contribution >= 4 is 13.0 Å². The standard InChI is InChI=1S/C19H31BN2O5/c1-7-14(23)22-16(20-26-18(2,3)19(4,5)27-20)15(21)17(24-6)25-13-11-9-8-10-12-13/h8-12,15-17H,7,21H2,1-6H3,(H,22,23)/t15-,16+,17-/m1/s1. The Labute approximate surface area is 162 Å². The molecule has 1 aliphatic rings. The van der Waals surface area contributed by atoms with E-state index in [9.17, 15) is 4.79 Å². The van der Waals surface area contributed by atoms with E-state index in [1.165, 1.54) is 7.11 Å². The molecule has 0 saturated carbocycles. The summed E-state index contributed by atoms with van der Waals surface area (Å²) >= 11 is 0. The lowest BCUT2D eigenvalue weighted by atomic mass is 9.73. The van der Waals surface area contributed by atoms with Crippen LogP contribution in [0, 0.1) is 0 Å². The molecular formula is C19H31BN2O5. The lowest BCUT2D eigenvalue weighted by molar-refractivity contribution is -0.122. The fourth-order valence-electron chi connectivity index (χ4n) is 2.76. The average Bonchev–Trinajstić information content (AvgIpc) is 2.84. The smallest absolute Gasteiger partial charge is 0.463 e. The van der Waals surface area contributed by atoms with Crippen molar-refractivity contribution in [3.8, 4) is 5.75 Å². The van der Waals surface area contributed by atoms with Crippen molar-refractivity contribution in [3.05, 3.63) is 30.3 Å². The quantitative estimate of drug-likeness (QED) is 0.530. The predicted molar refractivity (Wildman–Crippen MR) is 104 cm³/mol. The van der Waals surface area contributed by atoms with Crippen molar-refractivity contribution in [3.63, 3.8) is 0 Å². The average molecular weight is 378 g/mol. The minimum Gasteiger partial charge on any atom is -0.463 e. The number of para-hydroxylation sites is 1. The molecular weight excluding hydrogens is 347 g/mol. The van der Waals surface area contributed by atoms with Crippen LogP contribution in [-0.2, 0) is 18.8 Å². The first kappa shape index (κ1) is 21.7. The molecule has 8 heteroatoms. The van der Waals surface area contributed by atoms with Crippen molar-refractivity contribution in [2.75, 3.05) is 7.11 Å². The van der Waals surface area contributed by atoms with Crippen LogP contribution in [0.5, 0.6) is 5.75 Å². The van der Waals surface area contributed by atoms with E-state index in [1.807, 2.05) is 58.0 Å². The molecule has 0 unspecified atom stereocenters. The number of hydrogen-bond donors (Lipinski definition) is 2. The molecule has 1 amide bonds. The molecule has 1 aromatic rings. The molecule has 1 fully saturated rings. The summed E-state index contributed by atoms with van der Waals surface area (Å²) in [6.07, 6.45) is -0.478. The number of amides is 1. The number of rotatable bonds is 8. The summed E-state index contributed by atoms with van der Waals surface area (Å²) in [5.41, 5.74) is 5.36. The van der Waals surface area contributed by atoms with Crippen LogP contribution in [0.4, 0.5) is 0 Å². The summed E-state index contributed by atoms with van der Waals surface area (Å²) in [7, 11) is 0.786. The third-order valence-electron chi connectivity index (χ3n) is 5.17. The number of ether oxygens (including phenoxy) is 2. The number of nitrogens with two attached hydrogens (primary N) is 1. The van der Waals surface area contributed by atoms with Crippen LogP contribution in [0.1, 0.15) is 41.0 Å². The molecule has 1 aromatic carbocycles. The van der Waals surface area contributed by atoms with Gasteiger partial charge < -0.3 is 29.8 Å². The van der Waals surface area contributed by atoms with Gasteiger partial charge in [0, 0.05) is 13.5 Å². The van der Waals surface area contributed by atoms with Crippen molar-refractivity contribution in [1.29, 1.82) is 0 Å². The summed E-state index contributed by atoms with van der Waals surface area (Å²) in [5.74, 6) is -0.179. The molecule has 27 heavy (non-hydrogen) atoms. The van der Waals surface area contributed by atoms with Crippen molar-refractivity contribution in [2.24, 2.45) is 5.73 Å². The Bertz CT molecular complexity index is 610. The Balaban J connectivity index is 2.22. The lowest BCUT2D eigenvalue weighted by Crippen LogP contribution is -2.62. The normalized spacial score (nSPS) is 21.4. The van der Waals surface area contributed by atoms with E-state index in [0.29, 0.717) is 12.2 Å². The van der Waals surface area contributed by atoms with Gasteiger partial charge in [-0.2, -0.15) is 0 Å². The van der Waals surface area contributed by atoms with E-state index >= 15 is 0 Å². The topological polar surface area (TPSA) is 92.0 Å². The first-order valence-corrected chi connectivity index (χ1v) is 9.26. The summed E-state index contributed by atoms with van der Waals surface area (Å²) in [5, 5.41) is 2.91. The van der Waals surface area contributed by atoms with Gasteiger partial charge in [-0.15, -0.1) is 0 Å². The van der Waals surface area contributed by atoms with Gasteiger partial charge in [-0.3, -0.25) is 4.79 Å². The molecule has 0 spiro atoms. The molecule has 7 nitrogen and oxygen atoms in total. The zero-order valence-corrected chi connectivity index (χ0v) is 17.0. The molecule has 0 aliphatic carbocycles. The highest BCUT2D eigenvalue weighted by Gasteiger charge is 2.56. The Morgan fingerprint density at radius 1 is 1.19 bits per heavy atom. The van der Waals surface area contributed by atoms with Gasteiger partial charge in [0.2, 0.25) is 12.2 Å². The molecule has 1 heterocycles. The number of hydrogen-bond acceptors (Lipinski definition) is 6. The zero-order chi connectivity index (χ0) is 20.2. The Hall–Kier alpha value is -1.61. The molecule has 3 N–H and O–H groups in total. The first-order chi connectivity index (χ1) is 12.6. The van der Waals surface area contributed by atoms with Crippen LogP contribution in [0.3, 0.4) is 0 Å². The highest BCUT2D eigenvalue weighted by Crippen LogP contribution is 2.38. The maximum atomic E-state index is 12.1. The monoisotopic (exact) mass is 378 g/mol. The van der Waals surface area contributed by atoms with Gasteiger partial charge in [-0.25, -0.2) is 0 Å². The number of methoxy groups -OCH3 is 1. The molecule has 1 aliphatic heterocycles. The number of nitrogens with one attached hydrogen (secondary N) is 1. The summed E-state index contributed by atoms with van der Waals surface area (Å²) < 4.78 is 23.6. The predicted octanol–water partition coefficient (Wildman–Crippen LogP) is 1.89. The largest absolute Gasteiger partial charge is 0.483 e. The van der Waals surface area contributed by atoms with E-state index in [0.717, 1.165) is 0 Å². The second-order valence-electron chi connectivity index (χ2n) is 7.68. The number of benzene rings is 1. The van der Waals surface area contributed by atoms with Crippen LogP contribution >= 0.6 is 0 Å². The SMILES string of the molecule is CCC(=O)N[C@H](B1OC(C)(C)C(C)(C)O1)[C@@H](N)[C@H](OC)Oc1ccccc1. The van der Waals surface area contributed by atoms with Gasteiger partial charge >= 0.3 is 7.12 Å². The van der Waals surface area contributed by atoms with Gasteiger partial charge in [0.25, 0.3) is 0 Å². The molecule has 150 valence electrons. The van der Waals surface area contributed by atoms with Gasteiger partial charge in [0.1, 0.15) is 5.75 Å². The Morgan fingerprint density at radius 2 is 1.74 bits per heavy atom. The molecule has 0 radical (unpaired) electrons. The highest BCUT2D eigenvalue weighted by molar-refractivity contribution is 6.48. The fraction of sp³-hybridized carbons (Fsp3) is 0.632. The second-order valence-corrected chi connectivity index (χ2v) is 7.68. The number of carbonyl (C=O) groups is 1. The summed E-state index contributed by atoms with van der Waals surface area (Å²) in [6, 6.07) is 8.51. The molecule has 3 atom stereocenters. The van der Waals surface area contributed by atoms with Gasteiger partial charge in [-0.1, -0.05) is 25.1 Å². The third-order valence-corrected chi connectivity index (χ3v) is 5.17. The van der Waals surface area contributed by atoms with Crippen LogP contribution in [0.15, 0.2) is 30.3 Å². The summed E-state index contributed by atoms with van der Waals surface area (Å²) in [4.78, 5) is 12.1. The number of carbonyl (C=O) groups excluding carboxylic acids is 1. The zero-order valence-electron chi connectivity index (χ0n) is 17.0. The third kappa shape index (κ3) is 5.01. The first-order valence-electron chi connectivity index (χ1n) is 9.26. The van der Waals surface area contributed by atoms with E-state index in [1.54, 1.807) is 6.92 Å². The van der Waals surface area contributed by atoms with Gasteiger partial charge in [0.15, 0.2) is 0 Å². The van der Waals surface area contributed by atoms with Crippen LogP contribution in [0.2, 0.25) is 0 Å². The van der Waals surface area contributed by atoms with Crippen LogP contribution in [0.25, 0.3) is 0 Å². The van der Waals surface area contributed by atoms with Crippen molar-refractivity contribution < 1.29 is 23.6 Å². The van der Waals surface area contributed by atoms with Crippen molar-refractivity contribution in [1.82, 2.24) is 5.32 Å². The van der Waals surface area contributed by atoms with E-state index in [-0.39, 0.29) is 5.91 Å². The highest BCUT2D eigenvalue weighted by atomic mass is 16.7. The van der Waals surface area contributed by atoms with E-state index in [2.05, 4.69) is 5.32 Å². The minimum atomic E-state index is -0.798. The fourth-order valence-corrected chi connectivity index (χ4v) is 2.76. The van der Waals surface area contributed by atoms with Crippen LogP contribution in [-0.4, -0.2) is 49.6 Å². The molecule has 2 rings (SSSR count). The van der Waals surface area contributed by atoms with Gasteiger partial charge in [-0.05, 0) is 39.8 Å². The summed E-state index contributed by atoms with van der Waals surface area (Å²) in [6.45, 7) is 9.57.